The van der Waals surface area contributed by atoms with Gasteiger partial charge >= 0.3 is 0 Å². The van der Waals surface area contributed by atoms with E-state index in [1.807, 2.05) is 32.0 Å². The summed E-state index contributed by atoms with van der Waals surface area (Å²) in [5.41, 5.74) is 6.89. The molecule has 2 heterocycles. The lowest BCUT2D eigenvalue weighted by Crippen LogP contribution is -2.24. The van der Waals surface area contributed by atoms with Crippen LogP contribution in [0, 0.1) is 0 Å². The number of nitrogens with one attached hydrogen (secondary N) is 2. The maximum atomic E-state index is 6.37. The summed E-state index contributed by atoms with van der Waals surface area (Å²) in [6, 6.07) is 14.4. The van der Waals surface area contributed by atoms with E-state index in [9.17, 15) is 0 Å². The van der Waals surface area contributed by atoms with Gasteiger partial charge in [-0.15, -0.1) is 0 Å². The highest BCUT2D eigenvalue weighted by molar-refractivity contribution is 6.32. The Kier molecular flexibility index (Phi) is 4.70. The molecule has 0 amide bonds. The summed E-state index contributed by atoms with van der Waals surface area (Å²) in [5, 5.41) is 11.7. The van der Waals surface area contributed by atoms with Crippen molar-refractivity contribution < 1.29 is 4.74 Å². The number of rotatable bonds is 4. The zero-order chi connectivity index (χ0) is 18.1. The molecule has 0 radical (unpaired) electrons. The molecule has 5 heteroatoms. The number of aromatic amines is 1. The van der Waals surface area contributed by atoms with Crippen molar-refractivity contribution in [2.24, 2.45) is 0 Å². The smallest absolute Gasteiger partial charge is 0.138 e. The normalized spacial score (nSPS) is 13.7. The second-order valence-electron chi connectivity index (χ2n) is 6.85. The monoisotopic (exact) mass is 367 g/mol. The third-order valence-corrected chi connectivity index (χ3v) is 4.89. The minimum absolute atomic E-state index is 0.0917. The van der Waals surface area contributed by atoms with Crippen LogP contribution in [0.2, 0.25) is 5.02 Å². The third-order valence-electron chi connectivity index (χ3n) is 4.60. The van der Waals surface area contributed by atoms with Crippen LogP contribution in [0.4, 0.5) is 0 Å². The number of benzene rings is 2. The molecule has 4 rings (SSSR count). The largest absolute Gasteiger partial charge is 0.489 e. The summed E-state index contributed by atoms with van der Waals surface area (Å²) in [7, 11) is 0. The first-order chi connectivity index (χ1) is 12.6. The average molecular weight is 368 g/mol. The maximum Gasteiger partial charge on any atom is 0.138 e. The van der Waals surface area contributed by atoms with Crippen LogP contribution < -0.4 is 10.1 Å². The molecule has 0 fully saturated rings. The molecule has 0 aliphatic carbocycles. The lowest BCUT2D eigenvalue weighted by Gasteiger charge is -2.19. The highest BCUT2D eigenvalue weighted by Gasteiger charge is 2.16. The molecule has 1 aromatic heterocycles. The number of aromatic nitrogens is 2. The van der Waals surface area contributed by atoms with Crippen LogP contribution in [0.5, 0.6) is 5.75 Å². The summed E-state index contributed by atoms with van der Waals surface area (Å²) >= 11 is 6.37. The molecule has 1 aliphatic rings. The Balaban J connectivity index is 1.66. The molecule has 0 spiro atoms. The molecule has 26 heavy (non-hydrogen) atoms. The summed E-state index contributed by atoms with van der Waals surface area (Å²) in [4.78, 5) is 0. The van der Waals surface area contributed by atoms with Gasteiger partial charge in [0.15, 0.2) is 0 Å². The van der Waals surface area contributed by atoms with Crippen LogP contribution in [-0.4, -0.2) is 22.8 Å². The van der Waals surface area contributed by atoms with Crippen molar-refractivity contribution >= 4 is 11.6 Å². The zero-order valence-electron chi connectivity index (χ0n) is 15.0. The molecule has 2 N–H and O–H groups in total. The van der Waals surface area contributed by atoms with Crippen molar-refractivity contribution in [2.45, 2.75) is 32.9 Å². The number of fused-ring (bicyclic) bond motifs is 1. The van der Waals surface area contributed by atoms with Gasteiger partial charge in [-0.2, -0.15) is 5.10 Å². The van der Waals surface area contributed by atoms with Crippen molar-refractivity contribution in [1.29, 1.82) is 0 Å². The van der Waals surface area contributed by atoms with E-state index in [0.29, 0.717) is 10.8 Å². The molecule has 0 atom stereocenters. The Labute approximate surface area is 158 Å². The predicted octanol–water partition coefficient (Wildman–Crippen LogP) is 4.83. The average Bonchev–Trinajstić information content (AvgIpc) is 3.12. The Morgan fingerprint density at radius 1 is 1.15 bits per heavy atom. The van der Waals surface area contributed by atoms with Crippen LogP contribution in [0.25, 0.3) is 22.5 Å². The number of nitrogens with zero attached hydrogens (tertiary/aromatic N) is 1. The van der Waals surface area contributed by atoms with Crippen molar-refractivity contribution in [3.8, 4) is 28.3 Å². The minimum atomic E-state index is 0.0917. The fraction of sp³-hybridized carbons (Fsp3) is 0.286. The SMILES string of the molecule is CC(C)Oc1ccc(-c2cc(-c3cccc4c3CCNC4)[nH]n2)cc1Cl. The van der Waals surface area contributed by atoms with E-state index in [1.54, 1.807) is 0 Å². The number of hydrogen-bond donors (Lipinski definition) is 2. The highest BCUT2D eigenvalue weighted by atomic mass is 35.5. The topological polar surface area (TPSA) is 49.9 Å². The van der Waals surface area contributed by atoms with E-state index >= 15 is 0 Å². The molecule has 134 valence electrons. The van der Waals surface area contributed by atoms with Crippen molar-refractivity contribution in [3.63, 3.8) is 0 Å². The molecule has 3 aromatic rings. The van der Waals surface area contributed by atoms with Crippen LogP contribution in [0.15, 0.2) is 42.5 Å². The first-order valence-electron chi connectivity index (χ1n) is 8.95. The highest BCUT2D eigenvalue weighted by Crippen LogP contribution is 2.33. The van der Waals surface area contributed by atoms with E-state index in [0.717, 1.165) is 36.5 Å². The quantitative estimate of drug-likeness (QED) is 0.694. The van der Waals surface area contributed by atoms with Gasteiger partial charge in [0.2, 0.25) is 0 Å². The summed E-state index contributed by atoms with van der Waals surface area (Å²) in [6.07, 6.45) is 1.13. The Bertz CT molecular complexity index is 933. The minimum Gasteiger partial charge on any atom is -0.489 e. The van der Waals surface area contributed by atoms with Crippen molar-refractivity contribution in [2.75, 3.05) is 6.54 Å². The van der Waals surface area contributed by atoms with Crippen LogP contribution in [-0.2, 0) is 13.0 Å². The second kappa shape index (κ2) is 7.14. The van der Waals surface area contributed by atoms with Gasteiger partial charge in [-0.1, -0.05) is 29.8 Å². The molecule has 0 saturated heterocycles. The van der Waals surface area contributed by atoms with Gasteiger partial charge < -0.3 is 10.1 Å². The molecule has 0 bridgehead atoms. The van der Waals surface area contributed by atoms with Gasteiger partial charge in [0.1, 0.15) is 5.75 Å². The van der Waals surface area contributed by atoms with Crippen LogP contribution >= 0.6 is 11.6 Å². The summed E-state index contributed by atoms with van der Waals surface area (Å²) in [5.74, 6) is 0.700. The molecular weight excluding hydrogens is 346 g/mol. The Morgan fingerprint density at radius 3 is 2.85 bits per heavy atom. The second-order valence-corrected chi connectivity index (χ2v) is 7.26. The summed E-state index contributed by atoms with van der Waals surface area (Å²) in [6.45, 7) is 5.91. The Morgan fingerprint density at radius 2 is 2.04 bits per heavy atom. The molecule has 0 saturated carbocycles. The van der Waals surface area contributed by atoms with Crippen molar-refractivity contribution in [3.05, 3.63) is 58.6 Å². The third kappa shape index (κ3) is 3.35. The zero-order valence-corrected chi connectivity index (χ0v) is 15.7. The fourth-order valence-electron chi connectivity index (χ4n) is 3.40. The van der Waals surface area contributed by atoms with Crippen LogP contribution in [0.3, 0.4) is 0 Å². The number of ether oxygens (including phenoxy) is 1. The van der Waals surface area contributed by atoms with Gasteiger partial charge in [0.25, 0.3) is 0 Å². The van der Waals surface area contributed by atoms with Crippen LogP contribution in [0.1, 0.15) is 25.0 Å². The van der Waals surface area contributed by atoms with Gasteiger partial charge in [0.05, 0.1) is 22.5 Å². The van der Waals surface area contributed by atoms with Gasteiger partial charge in [0, 0.05) is 17.7 Å². The fourth-order valence-corrected chi connectivity index (χ4v) is 3.63. The lowest BCUT2D eigenvalue weighted by molar-refractivity contribution is 0.242. The Hall–Kier alpha value is -2.30. The standard InChI is InChI=1S/C21H22ClN3O/c1-13(2)26-21-7-6-14(10-18(21)22)19-11-20(25-24-19)17-5-3-4-15-12-23-9-8-16(15)17/h3-7,10-11,13,23H,8-9,12H2,1-2H3,(H,24,25). The molecule has 2 aromatic carbocycles. The van der Waals surface area contributed by atoms with E-state index in [-0.39, 0.29) is 6.10 Å². The van der Waals surface area contributed by atoms with E-state index < -0.39 is 0 Å². The number of H-pyrrole nitrogens is 1. The van der Waals surface area contributed by atoms with E-state index in [4.69, 9.17) is 16.3 Å². The molecule has 1 aliphatic heterocycles. The first-order valence-corrected chi connectivity index (χ1v) is 9.33. The van der Waals surface area contributed by atoms with Crippen molar-refractivity contribution in [1.82, 2.24) is 15.5 Å². The molecule has 0 unspecified atom stereocenters. The predicted molar refractivity (Wildman–Crippen MR) is 106 cm³/mol. The van der Waals surface area contributed by atoms with Gasteiger partial charge in [-0.05, 0) is 62.2 Å². The van der Waals surface area contributed by atoms with Gasteiger partial charge in [-0.3, -0.25) is 5.10 Å². The molecule has 4 nitrogen and oxygen atoms in total. The maximum absolute atomic E-state index is 6.37. The van der Waals surface area contributed by atoms with E-state index in [1.165, 1.54) is 16.7 Å². The first kappa shape index (κ1) is 17.1. The molecular formula is C21H22ClN3O. The number of halogens is 1. The summed E-state index contributed by atoms with van der Waals surface area (Å²) < 4.78 is 5.71. The lowest BCUT2D eigenvalue weighted by atomic mass is 9.93. The number of hydrogen-bond acceptors (Lipinski definition) is 3. The van der Waals surface area contributed by atoms with E-state index in [2.05, 4.69) is 39.8 Å². The van der Waals surface area contributed by atoms with Gasteiger partial charge in [-0.25, -0.2) is 0 Å².